The lowest BCUT2D eigenvalue weighted by atomic mass is 10.2. The van der Waals surface area contributed by atoms with Crippen LogP contribution in [0.15, 0.2) is 42.9 Å². The van der Waals surface area contributed by atoms with Gasteiger partial charge in [-0.1, -0.05) is 37.3 Å². The fourth-order valence-electron chi connectivity index (χ4n) is 1.63. The van der Waals surface area contributed by atoms with E-state index in [0.717, 1.165) is 25.3 Å². The molecule has 0 atom stereocenters. The van der Waals surface area contributed by atoms with Crippen molar-refractivity contribution in [1.82, 2.24) is 14.9 Å². The summed E-state index contributed by atoms with van der Waals surface area (Å²) in [6, 6.07) is 10.4. The summed E-state index contributed by atoms with van der Waals surface area (Å²) in [5.41, 5.74) is 2.40. The average molecular weight is 215 g/mol. The van der Waals surface area contributed by atoms with Crippen LogP contribution in [0.5, 0.6) is 0 Å². The van der Waals surface area contributed by atoms with Crippen molar-refractivity contribution in [2.24, 2.45) is 0 Å². The first kappa shape index (κ1) is 10.9. The average Bonchev–Trinajstić information content (AvgIpc) is 2.75. The van der Waals surface area contributed by atoms with Gasteiger partial charge in [0.2, 0.25) is 0 Å². The maximum Gasteiger partial charge on any atom is 0.0953 e. The molecule has 0 aliphatic heterocycles. The fourth-order valence-corrected chi connectivity index (χ4v) is 1.63. The van der Waals surface area contributed by atoms with Crippen molar-refractivity contribution in [3.63, 3.8) is 0 Å². The van der Waals surface area contributed by atoms with E-state index < -0.39 is 0 Å². The summed E-state index contributed by atoms with van der Waals surface area (Å²) in [5.74, 6) is 0. The third-order valence-corrected chi connectivity index (χ3v) is 2.45. The van der Waals surface area contributed by atoms with Crippen LogP contribution in [0.4, 0.5) is 0 Å². The lowest BCUT2D eigenvalue weighted by molar-refractivity contribution is 0.712. The zero-order valence-electron chi connectivity index (χ0n) is 9.56. The molecule has 0 aliphatic rings. The quantitative estimate of drug-likeness (QED) is 0.827. The second-order valence-electron chi connectivity index (χ2n) is 3.80. The summed E-state index contributed by atoms with van der Waals surface area (Å²) < 4.78 is 2.11. The zero-order valence-corrected chi connectivity index (χ0v) is 9.56. The van der Waals surface area contributed by atoms with Gasteiger partial charge in [-0.2, -0.15) is 0 Å². The van der Waals surface area contributed by atoms with E-state index >= 15 is 0 Å². The van der Waals surface area contributed by atoms with Crippen LogP contribution >= 0.6 is 0 Å². The first-order valence-electron chi connectivity index (χ1n) is 5.64. The van der Waals surface area contributed by atoms with E-state index in [1.54, 1.807) is 0 Å². The van der Waals surface area contributed by atoms with E-state index in [2.05, 4.69) is 52.3 Å². The van der Waals surface area contributed by atoms with Crippen molar-refractivity contribution >= 4 is 0 Å². The Bertz CT molecular complexity index is 420. The molecule has 0 bridgehead atoms. The standard InChI is InChI=1S/C13H17N3/c1-2-14-8-13-10-16(11-15-13)9-12-6-4-3-5-7-12/h3-7,10-11,14H,2,8-9H2,1H3. The van der Waals surface area contributed by atoms with Crippen LogP contribution < -0.4 is 5.32 Å². The van der Waals surface area contributed by atoms with E-state index in [1.807, 2.05) is 12.4 Å². The Hall–Kier alpha value is -1.61. The lowest BCUT2D eigenvalue weighted by Crippen LogP contribution is -2.11. The van der Waals surface area contributed by atoms with Crippen LogP contribution in [0.3, 0.4) is 0 Å². The van der Waals surface area contributed by atoms with Crippen molar-refractivity contribution < 1.29 is 0 Å². The molecule has 1 aromatic heterocycles. The van der Waals surface area contributed by atoms with Gasteiger partial charge >= 0.3 is 0 Å². The Morgan fingerprint density at radius 2 is 2.06 bits per heavy atom. The van der Waals surface area contributed by atoms with Crippen molar-refractivity contribution in [2.75, 3.05) is 6.54 Å². The van der Waals surface area contributed by atoms with Crippen LogP contribution in [-0.2, 0) is 13.1 Å². The number of nitrogens with zero attached hydrogens (tertiary/aromatic N) is 2. The van der Waals surface area contributed by atoms with Gasteiger partial charge < -0.3 is 9.88 Å². The number of imidazole rings is 1. The summed E-state index contributed by atoms with van der Waals surface area (Å²) in [5, 5.41) is 3.27. The van der Waals surface area contributed by atoms with Gasteiger partial charge in [0.05, 0.1) is 12.0 Å². The highest BCUT2D eigenvalue weighted by atomic mass is 15.0. The van der Waals surface area contributed by atoms with Crippen LogP contribution in [0, 0.1) is 0 Å². The fraction of sp³-hybridized carbons (Fsp3) is 0.308. The Kier molecular flexibility index (Phi) is 3.72. The molecule has 3 nitrogen and oxygen atoms in total. The summed E-state index contributed by atoms with van der Waals surface area (Å²) in [7, 11) is 0. The van der Waals surface area contributed by atoms with Gasteiger partial charge in [0.25, 0.3) is 0 Å². The van der Waals surface area contributed by atoms with Crippen LogP contribution in [0.1, 0.15) is 18.2 Å². The number of nitrogens with one attached hydrogen (secondary N) is 1. The Morgan fingerprint density at radius 1 is 1.25 bits per heavy atom. The molecular weight excluding hydrogens is 198 g/mol. The van der Waals surface area contributed by atoms with Crippen molar-refractivity contribution in [2.45, 2.75) is 20.0 Å². The largest absolute Gasteiger partial charge is 0.333 e. The molecule has 0 aliphatic carbocycles. The van der Waals surface area contributed by atoms with Gasteiger partial charge in [-0.15, -0.1) is 0 Å². The molecule has 0 radical (unpaired) electrons. The highest BCUT2D eigenvalue weighted by molar-refractivity contribution is 5.15. The molecule has 84 valence electrons. The highest BCUT2D eigenvalue weighted by Crippen LogP contribution is 2.03. The summed E-state index contributed by atoms with van der Waals surface area (Å²) >= 11 is 0. The molecule has 0 saturated heterocycles. The minimum atomic E-state index is 0.846. The molecule has 0 saturated carbocycles. The maximum absolute atomic E-state index is 4.35. The van der Waals surface area contributed by atoms with E-state index in [-0.39, 0.29) is 0 Å². The molecule has 1 N–H and O–H groups in total. The number of hydrogen-bond acceptors (Lipinski definition) is 2. The molecule has 0 amide bonds. The highest BCUT2D eigenvalue weighted by Gasteiger charge is 1.98. The Balaban J connectivity index is 1.97. The van der Waals surface area contributed by atoms with Crippen LogP contribution in [-0.4, -0.2) is 16.1 Å². The minimum Gasteiger partial charge on any atom is -0.333 e. The second-order valence-corrected chi connectivity index (χ2v) is 3.80. The lowest BCUT2D eigenvalue weighted by Gasteiger charge is -2.01. The van der Waals surface area contributed by atoms with Crippen molar-refractivity contribution in [3.05, 3.63) is 54.1 Å². The molecular formula is C13H17N3. The predicted octanol–water partition coefficient (Wildman–Crippen LogP) is 2.04. The van der Waals surface area contributed by atoms with E-state index in [9.17, 15) is 0 Å². The van der Waals surface area contributed by atoms with Gasteiger partial charge in [0.15, 0.2) is 0 Å². The number of aromatic nitrogens is 2. The third kappa shape index (κ3) is 2.94. The van der Waals surface area contributed by atoms with E-state index in [1.165, 1.54) is 5.56 Å². The van der Waals surface area contributed by atoms with Crippen molar-refractivity contribution in [3.8, 4) is 0 Å². The molecule has 3 heteroatoms. The first-order chi connectivity index (χ1) is 7.88. The normalized spacial score (nSPS) is 10.6. The minimum absolute atomic E-state index is 0.846. The smallest absolute Gasteiger partial charge is 0.0953 e. The molecule has 2 rings (SSSR count). The molecule has 0 unspecified atom stereocenters. The number of hydrogen-bond donors (Lipinski definition) is 1. The van der Waals surface area contributed by atoms with Gasteiger partial charge in [-0.3, -0.25) is 0 Å². The van der Waals surface area contributed by atoms with Gasteiger partial charge in [-0.25, -0.2) is 4.98 Å². The second kappa shape index (κ2) is 5.47. The van der Waals surface area contributed by atoms with Gasteiger partial charge in [-0.05, 0) is 12.1 Å². The van der Waals surface area contributed by atoms with Gasteiger partial charge in [0, 0.05) is 19.3 Å². The summed E-state index contributed by atoms with van der Waals surface area (Å²) in [4.78, 5) is 4.35. The monoisotopic (exact) mass is 215 g/mol. The third-order valence-electron chi connectivity index (χ3n) is 2.45. The number of rotatable bonds is 5. The molecule has 1 aromatic carbocycles. The Morgan fingerprint density at radius 3 is 2.81 bits per heavy atom. The first-order valence-corrected chi connectivity index (χ1v) is 5.64. The molecule has 0 spiro atoms. The maximum atomic E-state index is 4.35. The van der Waals surface area contributed by atoms with Crippen molar-refractivity contribution in [1.29, 1.82) is 0 Å². The summed E-state index contributed by atoms with van der Waals surface area (Å²) in [6.07, 6.45) is 3.98. The Labute approximate surface area is 96.1 Å². The van der Waals surface area contributed by atoms with E-state index in [4.69, 9.17) is 0 Å². The van der Waals surface area contributed by atoms with Gasteiger partial charge in [0.1, 0.15) is 0 Å². The zero-order chi connectivity index (χ0) is 11.2. The molecule has 1 heterocycles. The molecule has 16 heavy (non-hydrogen) atoms. The topological polar surface area (TPSA) is 29.9 Å². The number of benzene rings is 1. The van der Waals surface area contributed by atoms with Crippen LogP contribution in [0.25, 0.3) is 0 Å². The molecule has 2 aromatic rings. The van der Waals surface area contributed by atoms with E-state index in [0.29, 0.717) is 0 Å². The van der Waals surface area contributed by atoms with Crippen LogP contribution in [0.2, 0.25) is 0 Å². The summed E-state index contributed by atoms with van der Waals surface area (Å²) in [6.45, 7) is 4.81. The predicted molar refractivity (Wildman–Crippen MR) is 65.2 cm³/mol. The molecule has 0 fully saturated rings. The SMILES string of the molecule is CCNCc1cn(Cc2ccccc2)cn1.